The van der Waals surface area contributed by atoms with Gasteiger partial charge in [-0.1, -0.05) is 32.0 Å². The highest BCUT2D eigenvalue weighted by atomic mass is 16.6. The smallest absolute Gasteiger partial charge is 0.328 e. The van der Waals surface area contributed by atoms with Crippen LogP contribution in [-0.2, 0) is 14.3 Å². The van der Waals surface area contributed by atoms with Crippen molar-refractivity contribution in [2.24, 2.45) is 5.92 Å². The number of pyridine rings is 1. The minimum Gasteiger partial charge on any atom is -0.504 e. The zero-order valence-electron chi connectivity index (χ0n) is 17.9. The lowest BCUT2D eigenvalue weighted by Gasteiger charge is -2.29. The van der Waals surface area contributed by atoms with E-state index in [-0.39, 0.29) is 17.3 Å². The van der Waals surface area contributed by atoms with Gasteiger partial charge in [-0.05, 0) is 38.0 Å². The largest absolute Gasteiger partial charge is 0.504 e. The monoisotopic (exact) mass is 429 g/mol. The summed E-state index contributed by atoms with van der Waals surface area (Å²) in [5.41, 5.74) is -0.302. The van der Waals surface area contributed by atoms with Crippen LogP contribution in [0.4, 0.5) is 5.69 Å². The molecular weight excluding hydrogens is 402 g/mol. The van der Waals surface area contributed by atoms with Crippen molar-refractivity contribution in [3.8, 4) is 11.5 Å². The highest BCUT2D eigenvalue weighted by molar-refractivity contribution is 5.99. The molecule has 9 nitrogen and oxygen atoms in total. The Bertz CT molecular complexity index is 903. The molecule has 0 aliphatic carbocycles. The minimum atomic E-state index is -1.01. The predicted molar refractivity (Wildman–Crippen MR) is 114 cm³/mol. The number of benzene rings is 1. The van der Waals surface area contributed by atoms with Gasteiger partial charge in [0.15, 0.2) is 11.4 Å². The van der Waals surface area contributed by atoms with Crippen molar-refractivity contribution >= 4 is 24.0 Å². The normalized spacial score (nSPS) is 13.6. The molecule has 0 aliphatic rings. The maximum atomic E-state index is 12.5. The van der Waals surface area contributed by atoms with Gasteiger partial charge < -0.3 is 25.2 Å². The number of hydrogen-bond donors (Lipinski definition) is 3. The van der Waals surface area contributed by atoms with Crippen molar-refractivity contribution in [3.05, 3.63) is 48.3 Å². The van der Waals surface area contributed by atoms with E-state index in [4.69, 9.17) is 9.47 Å². The second kappa shape index (κ2) is 11.0. The Labute approximate surface area is 180 Å². The van der Waals surface area contributed by atoms with E-state index in [1.807, 2.05) is 44.2 Å². The number of para-hydroxylation sites is 1. The molecule has 3 N–H and O–H groups in total. The number of ether oxygens (including phenoxy) is 2. The lowest BCUT2D eigenvalue weighted by molar-refractivity contribution is -0.155. The molecule has 0 bridgehead atoms. The summed E-state index contributed by atoms with van der Waals surface area (Å²) in [6.45, 7) is 7.10. The van der Waals surface area contributed by atoms with E-state index >= 15 is 0 Å². The summed E-state index contributed by atoms with van der Waals surface area (Å²) in [5, 5.41) is 14.8. The van der Waals surface area contributed by atoms with Crippen LogP contribution in [-0.4, -0.2) is 46.6 Å². The fourth-order valence-corrected chi connectivity index (χ4v) is 2.91. The third-order valence-corrected chi connectivity index (χ3v) is 4.49. The number of amides is 2. The van der Waals surface area contributed by atoms with Gasteiger partial charge in [-0.2, -0.15) is 0 Å². The first-order chi connectivity index (χ1) is 14.7. The highest BCUT2D eigenvalue weighted by Gasteiger charge is 2.29. The van der Waals surface area contributed by atoms with Gasteiger partial charge in [-0.25, -0.2) is 9.78 Å². The van der Waals surface area contributed by atoms with Crippen LogP contribution in [0.25, 0.3) is 0 Å². The molecule has 0 saturated carbocycles. The van der Waals surface area contributed by atoms with E-state index in [9.17, 15) is 19.5 Å². The van der Waals surface area contributed by atoms with Gasteiger partial charge in [0.25, 0.3) is 5.91 Å². The van der Waals surface area contributed by atoms with Crippen molar-refractivity contribution in [1.29, 1.82) is 0 Å². The highest BCUT2D eigenvalue weighted by Crippen LogP contribution is 2.25. The second-order valence-electron chi connectivity index (χ2n) is 7.29. The zero-order valence-corrected chi connectivity index (χ0v) is 17.9. The molecule has 0 radical (unpaired) electrons. The van der Waals surface area contributed by atoms with E-state index in [0.717, 1.165) is 0 Å². The van der Waals surface area contributed by atoms with E-state index in [2.05, 4.69) is 15.6 Å². The van der Waals surface area contributed by atoms with Crippen LogP contribution in [0.3, 0.4) is 0 Å². The van der Waals surface area contributed by atoms with Crippen molar-refractivity contribution in [2.45, 2.75) is 45.9 Å². The summed E-state index contributed by atoms with van der Waals surface area (Å²) >= 11 is 0. The van der Waals surface area contributed by atoms with Crippen molar-refractivity contribution in [3.63, 3.8) is 0 Å². The summed E-state index contributed by atoms with van der Waals surface area (Å²) in [7, 11) is 0. The first-order valence-electron chi connectivity index (χ1n) is 9.85. The summed E-state index contributed by atoms with van der Waals surface area (Å²) in [6.07, 6.45) is 0.630. The molecule has 2 aromatic rings. The molecular formula is C22H27N3O6. The summed E-state index contributed by atoms with van der Waals surface area (Å²) < 4.78 is 11.5. The predicted octanol–water partition coefficient (Wildman–Crippen LogP) is 2.51. The SMILES string of the molecule is CC(C)C(Oc1ccccc1)C(C)OC(=O)[C@H](C)NC(=O)c1nccc(NC=O)c1O. The third kappa shape index (κ3) is 6.43. The van der Waals surface area contributed by atoms with E-state index in [1.54, 1.807) is 6.92 Å². The van der Waals surface area contributed by atoms with Crippen molar-refractivity contribution < 1.29 is 29.0 Å². The molecule has 31 heavy (non-hydrogen) atoms. The summed E-state index contributed by atoms with van der Waals surface area (Å²) in [6, 6.07) is 9.54. The molecule has 1 heterocycles. The molecule has 1 aromatic heterocycles. The molecule has 0 fully saturated rings. The number of carbonyl (C=O) groups is 3. The third-order valence-electron chi connectivity index (χ3n) is 4.49. The lowest BCUT2D eigenvalue weighted by Crippen LogP contribution is -2.44. The number of aromatic hydroxyl groups is 1. The Hall–Kier alpha value is -3.62. The van der Waals surface area contributed by atoms with E-state index in [0.29, 0.717) is 12.2 Å². The Morgan fingerprint density at radius 3 is 2.39 bits per heavy atom. The van der Waals surface area contributed by atoms with Crippen LogP contribution >= 0.6 is 0 Å². The van der Waals surface area contributed by atoms with Crippen LogP contribution in [0.15, 0.2) is 42.6 Å². The van der Waals surface area contributed by atoms with Crippen LogP contribution in [0, 0.1) is 5.92 Å². The van der Waals surface area contributed by atoms with Gasteiger partial charge in [0.2, 0.25) is 6.41 Å². The molecule has 2 rings (SSSR count). The fourth-order valence-electron chi connectivity index (χ4n) is 2.91. The summed E-state index contributed by atoms with van der Waals surface area (Å²) in [5.74, 6) is -1.23. The molecule has 1 aromatic carbocycles. The van der Waals surface area contributed by atoms with Gasteiger partial charge in [0.05, 0.1) is 5.69 Å². The van der Waals surface area contributed by atoms with Gasteiger partial charge in [-0.3, -0.25) is 9.59 Å². The van der Waals surface area contributed by atoms with Gasteiger partial charge in [0, 0.05) is 6.20 Å². The van der Waals surface area contributed by atoms with Gasteiger partial charge in [-0.15, -0.1) is 0 Å². The van der Waals surface area contributed by atoms with Crippen LogP contribution < -0.4 is 15.4 Å². The Morgan fingerprint density at radius 2 is 1.77 bits per heavy atom. The Balaban J connectivity index is 2.01. The number of rotatable bonds is 10. The number of aromatic nitrogens is 1. The van der Waals surface area contributed by atoms with Crippen LogP contribution in [0.2, 0.25) is 0 Å². The summed E-state index contributed by atoms with van der Waals surface area (Å²) in [4.78, 5) is 39.3. The van der Waals surface area contributed by atoms with Gasteiger partial charge >= 0.3 is 5.97 Å². The molecule has 0 aliphatic heterocycles. The molecule has 166 valence electrons. The van der Waals surface area contributed by atoms with Crippen LogP contribution in [0.1, 0.15) is 38.2 Å². The number of nitrogens with one attached hydrogen (secondary N) is 2. The Kier molecular flexibility index (Phi) is 8.36. The number of esters is 1. The molecule has 0 spiro atoms. The average molecular weight is 429 g/mol. The topological polar surface area (TPSA) is 127 Å². The average Bonchev–Trinajstić information content (AvgIpc) is 2.73. The molecule has 2 unspecified atom stereocenters. The minimum absolute atomic E-state index is 0.0248. The van der Waals surface area contributed by atoms with E-state index < -0.39 is 35.9 Å². The maximum absolute atomic E-state index is 12.5. The maximum Gasteiger partial charge on any atom is 0.328 e. The Morgan fingerprint density at radius 1 is 1.10 bits per heavy atom. The molecule has 2 amide bonds. The zero-order chi connectivity index (χ0) is 23.0. The molecule has 3 atom stereocenters. The number of anilines is 1. The first-order valence-corrected chi connectivity index (χ1v) is 9.85. The number of carbonyl (C=O) groups excluding carboxylic acids is 3. The fraction of sp³-hybridized carbons (Fsp3) is 0.364. The van der Waals surface area contributed by atoms with E-state index in [1.165, 1.54) is 19.2 Å². The molecule has 0 saturated heterocycles. The van der Waals surface area contributed by atoms with Crippen molar-refractivity contribution in [1.82, 2.24) is 10.3 Å². The molecule has 9 heteroatoms. The lowest BCUT2D eigenvalue weighted by atomic mass is 10.0. The quantitative estimate of drug-likeness (QED) is 0.391. The van der Waals surface area contributed by atoms with Crippen LogP contribution in [0.5, 0.6) is 11.5 Å². The van der Waals surface area contributed by atoms with Crippen molar-refractivity contribution in [2.75, 3.05) is 5.32 Å². The first kappa shape index (κ1) is 23.7. The van der Waals surface area contributed by atoms with Gasteiger partial charge in [0.1, 0.15) is 24.0 Å². The number of nitrogens with zero attached hydrogens (tertiary/aromatic N) is 1. The number of hydrogen-bond acceptors (Lipinski definition) is 7. The standard InChI is InChI=1S/C22H27N3O6/c1-13(2)20(31-16-8-6-5-7-9-16)15(4)30-22(29)14(3)25-21(28)18-19(27)17(24-12-26)10-11-23-18/h5-15,20,27H,1-4H3,(H,25,28)(H,23,24,26)/t14-,15?,20?/m0/s1. The second-order valence-corrected chi connectivity index (χ2v) is 7.29.